The molecule has 0 radical (unpaired) electrons. The number of hydrogen-bond acceptors (Lipinski definition) is 4. The summed E-state index contributed by atoms with van der Waals surface area (Å²) in [5, 5.41) is 0. The molecule has 30 heavy (non-hydrogen) atoms. The van der Waals surface area contributed by atoms with Gasteiger partial charge in [0, 0.05) is 6.08 Å². The lowest BCUT2D eigenvalue weighted by atomic mass is 10.1. The summed E-state index contributed by atoms with van der Waals surface area (Å²) in [4.78, 5) is 16.0. The van der Waals surface area contributed by atoms with Crippen LogP contribution in [-0.2, 0) is 26.1 Å². The van der Waals surface area contributed by atoms with E-state index >= 15 is 0 Å². The van der Waals surface area contributed by atoms with Crippen LogP contribution in [0.2, 0.25) is 0 Å². The fourth-order valence-corrected chi connectivity index (χ4v) is 3.00. The predicted molar refractivity (Wildman–Crippen MR) is 101 cm³/mol. The molecule has 0 spiro atoms. The van der Waals surface area contributed by atoms with Gasteiger partial charge in [-0.1, -0.05) is 25.8 Å². The number of aromatic nitrogens is 4. The van der Waals surface area contributed by atoms with Crippen LogP contribution in [0, 0.1) is 0 Å². The van der Waals surface area contributed by atoms with Gasteiger partial charge in [0.25, 0.3) is 6.33 Å². The summed E-state index contributed by atoms with van der Waals surface area (Å²) < 4.78 is 63.5. The highest BCUT2D eigenvalue weighted by atomic mass is 32.2. The molecular formula is C18H27F3N4O4S+2. The number of carbonyl (C=O) groups is 1. The van der Waals surface area contributed by atoms with Crippen LogP contribution < -0.4 is 8.54 Å². The molecule has 0 atom stereocenters. The minimum absolute atomic E-state index is 0.0625. The minimum atomic E-state index is -5.26. The van der Waals surface area contributed by atoms with Crippen LogP contribution in [-0.4, -0.2) is 36.5 Å². The first-order valence-electron chi connectivity index (χ1n) is 9.35. The Bertz CT molecular complexity index is 835. The van der Waals surface area contributed by atoms with E-state index < -0.39 is 15.5 Å². The standard InChI is InChI=1S/C14H22N2O2.C4H3F3N2O2S/c1-2-14(17)18-12-8-6-4-3-5-7-10-16-11-9-15-13-16;5-4(6,7)12(10,11)9-2-1-8-3-9/h2,9,11,13H,1,3-8,10,12H2;1-3H/p+2. The molecule has 168 valence electrons. The summed E-state index contributed by atoms with van der Waals surface area (Å²) in [7, 11) is -5.25. The molecule has 12 heteroatoms. The quantitative estimate of drug-likeness (QED) is 0.237. The lowest BCUT2D eigenvalue weighted by molar-refractivity contribution is -0.696. The Morgan fingerprint density at radius 2 is 1.60 bits per heavy atom. The molecule has 2 N–H and O–H groups in total. The van der Waals surface area contributed by atoms with Gasteiger partial charge in [-0.3, -0.25) is 4.98 Å². The average Bonchev–Trinajstić information content (AvgIpc) is 3.40. The predicted octanol–water partition coefficient (Wildman–Crippen LogP) is 2.37. The molecule has 2 rings (SSSR count). The normalized spacial score (nSPS) is 11.4. The third-order valence-electron chi connectivity index (χ3n) is 3.91. The zero-order valence-electron chi connectivity index (χ0n) is 16.5. The number of ether oxygens (including phenoxy) is 1. The van der Waals surface area contributed by atoms with Gasteiger partial charge in [-0.2, -0.15) is 21.6 Å². The smallest absolute Gasteiger partial charge is 0.463 e. The lowest BCUT2D eigenvalue weighted by Gasteiger charge is -2.02. The molecule has 2 heterocycles. The number of alkyl halides is 3. The summed E-state index contributed by atoms with van der Waals surface area (Å²) in [5.41, 5.74) is -5.26. The SMILES string of the molecule is C=CC(=O)OCCCCCCCC[n+]1cc[nH]c1.O=S(=O)([n+]1cc[nH]c1)C(F)(F)F. The number of imidazole rings is 2. The molecule has 0 saturated heterocycles. The first kappa shape index (κ1) is 25.4. The Kier molecular flexibility index (Phi) is 10.9. The Morgan fingerprint density at radius 1 is 1.00 bits per heavy atom. The van der Waals surface area contributed by atoms with Crippen molar-refractivity contribution in [2.75, 3.05) is 6.61 Å². The molecule has 0 aromatic carbocycles. The van der Waals surface area contributed by atoms with E-state index in [0.717, 1.165) is 31.8 Å². The van der Waals surface area contributed by atoms with Crippen LogP contribution in [0.3, 0.4) is 0 Å². The van der Waals surface area contributed by atoms with Crippen LogP contribution >= 0.6 is 0 Å². The van der Waals surface area contributed by atoms with Crippen molar-refractivity contribution < 1.29 is 39.7 Å². The van der Waals surface area contributed by atoms with Gasteiger partial charge in [0.15, 0.2) is 0 Å². The Hall–Kier alpha value is -2.63. The first-order valence-corrected chi connectivity index (χ1v) is 10.8. The number of unbranched alkanes of at least 4 members (excludes halogenated alkanes) is 5. The highest BCUT2D eigenvalue weighted by Gasteiger charge is 2.50. The zero-order valence-corrected chi connectivity index (χ0v) is 17.3. The number of H-pyrrole nitrogens is 2. The van der Waals surface area contributed by atoms with Crippen molar-refractivity contribution in [3.63, 3.8) is 0 Å². The largest absolute Gasteiger partial charge is 0.537 e. The zero-order chi connectivity index (χ0) is 22.5. The second-order valence-corrected chi connectivity index (χ2v) is 8.07. The number of aromatic amines is 2. The Labute approximate surface area is 173 Å². The van der Waals surface area contributed by atoms with Crippen molar-refractivity contribution in [2.24, 2.45) is 0 Å². The minimum Gasteiger partial charge on any atom is -0.463 e. The van der Waals surface area contributed by atoms with Crippen molar-refractivity contribution in [3.8, 4) is 0 Å². The van der Waals surface area contributed by atoms with Gasteiger partial charge in [-0.25, -0.2) is 14.3 Å². The molecule has 0 aliphatic rings. The number of carbonyl (C=O) groups excluding carboxylic acids is 1. The topological polar surface area (TPSA) is 99.8 Å². The molecule has 0 saturated carbocycles. The van der Waals surface area contributed by atoms with E-state index in [1.807, 2.05) is 18.7 Å². The number of esters is 1. The average molecular weight is 452 g/mol. The summed E-state index contributed by atoms with van der Waals surface area (Å²) in [5.74, 6) is -0.321. The van der Waals surface area contributed by atoms with Crippen molar-refractivity contribution in [1.82, 2.24) is 9.97 Å². The van der Waals surface area contributed by atoms with E-state index in [-0.39, 0.29) is 9.94 Å². The Balaban J connectivity index is 0.000000325. The third kappa shape index (κ3) is 9.25. The summed E-state index contributed by atoms with van der Waals surface area (Å²) in [6.07, 6.45) is 16.7. The second-order valence-electron chi connectivity index (χ2n) is 6.23. The molecule has 0 unspecified atom stereocenters. The fraction of sp³-hybridized carbons (Fsp3) is 0.500. The number of halogens is 3. The van der Waals surface area contributed by atoms with Crippen LogP contribution in [0.1, 0.15) is 38.5 Å². The molecule has 0 aliphatic heterocycles. The van der Waals surface area contributed by atoms with Crippen LogP contribution in [0.5, 0.6) is 0 Å². The number of rotatable bonds is 11. The highest BCUT2D eigenvalue weighted by Crippen LogP contribution is 2.20. The highest BCUT2D eigenvalue weighted by molar-refractivity contribution is 7.85. The van der Waals surface area contributed by atoms with Crippen molar-refractivity contribution in [2.45, 2.75) is 50.6 Å². The number of aryl methyl sites for hydroxylation is 1. The lowest BCUT2D eigenvalue weighted by Crippen LogP contribution is -2.49. The number of nitrogens with zero attached hydrogens (tertiary/aromatic N) is 2. The molecule has 0 fully saturated rings. The Morgan fingerprint density at radius 3 is 2.13 bits per heavy atom. The molecule has 0 bridgehead atoms. The number of hydrogen-bond donors (Lipinski definition) is 2. The monoisotopic (exact) mass is 452 g/mol. The van der Waals surface area contributed by atoms with Crippen molar-refractivity contribution in [1.29, 1.82) is 0 Å². The van der Waals surface area contributed by atoms with E-state index in [4.69, 9.17) is 4.74 Å². The van der Waals surface area contributed by atoms with E-state index in [1.165, 1.54) is 31.8 Å². The van der Waals surface area contributed by atoms with Crippen molar-refractivity contribution in [3.05, 3.63) is 50.1 Å². The van der Waals surface area contributed by atoms with Crippen LogP contribution in [0.4, 0.5) is 13.2 Å². The van der Waals surface area contributed by atoms with Gasteiger partial charge in [0.05, 0.1) is 13.2 Å². The first-order chi connectivity index (χ1) is 14.2. The fourth-order valence-electron chi connectivity index (χ4n) is 2.34. The third-order valence-corrected chi connectivity index (χ3v) is 5.28. The van der Waals surface area contributed by atoms with E-state index in [1.54, 1.807) is 0 Å². The summed E-state index contributed by atoms with van der Waals surface area (Å²) in [6, 6.07) is 0. The van der Waals surface area contributed by atoms with Crippen LogP contribution in [0.25, 0.3) is 0 Å². The maximum absolute atomic E-state index is 11.8. The van der Waals surface area contributed by atoms with E-state index in [0.29, 0.717) is 12.9 Å². The van der Waals surface area contributed by atoms with Gasteiger partial charge in [-0.15, -0.1) is 3.97 Å². The molecular weight excluding hydrogens is 425 g/mol. The number of nitrogens with one attached hydrogen (secondary N) is 2. The summed E-state index contributed by atoms with van der Waals surface area (Å²) in [6.45, 7) is 4.95. The van der Waals surface area contributed by atoms with E-state index in [2.05, 4.69) is 21.1 Å². The second kappa shape index (κ2) is 12.8. The molecule has 0 amide bonds. The van der Waals surface area contributed by atoms with E-state index in [9.17, 15) is 26.4 Å². The molecule has 2 aromatic rings. The van der Waals surface area contributed by atoms with Gasteiger partial charge >= 0.3 is 21.5 Å². The molecule has 2 aromatic heterocycles. The molecule has 0 aliphatic carbocycles. The van der Waals surface area contributed by atoms with Gasteiger partial charge in [0.2, 0.25) is 6.33 Å². The summed E-state index contributed by atoms with van der Waals surface area (Å²) >= 11 is 0. The van der Waals surface area contributed by atoms with Gasteiger partial charge in [-0.05, 0) is 19.3 Å². The molecule has 8 nitrogen and oxygen atoms in total. The maximum atomic E-state index is 11.8. The van der Waals surface area contributed by atoms with Gasteiger partial charge < -0.3 is 4.74 Å². The van der Waals surface area contributed by atoms with Gasteiger partial charge in [0.1, 0.15) is 24.8 Å². The van der Waals surface area contributed by atoms with Crippen molar-refractivity contribution >= 4 is 16.0 Å². The maximum Gasteiger partial charge on any atom is 0.537 e. The van der Waals surface area contributed by atoms with Crippen LogP contribution in [0.15, 0.2) is 50.1 Å².